The summed E-state index contributed by atoms with van der Waals surface area (Å²) in [7, 11) is 2.11. The SMILES string of the molecule is CN1CCCN(C(=O)c2ccnc(Cc3ccccc3)c2)CC1. The molecule has 0 aliphatic carbocycles. The molecule has 23 heavy (non-hydrogen) atoms. The van der Waals surface area contributed by atoms with Crippen LogP contribution in [0, 0.1) is 0 Å². The number of nitrogens with zero attached hydrogens (tertiary/aromatic N) is 3. The van der Waals surface area contributed by atoms with Gasteiger partial charge in [-0.05, 0) is 37.7 Å². The van der Waals surface area contributed by atoms with Gasteiger partial charge in [0, 0.05) is 43.5 Å². The van der Waals surface area contributed by atoms with Crippen LogP contribution in [0.2, 0.25) is 0 Å². The van der Waals surface area contributed by atoms with Gasteiger partial charge in [0.1, 0.15) is 0 Å². The maximum Gasteiger partial charge on any atom is 0.254 e. The summed E-state index contributed by atoms with van der Waals surface area (Å²) in [4.78, 5) is 21.4. The Kier molecular flexibility index (Phi) is 5.03. The van der Waals surface area contributed by atoms with E-state index in [0.717, 1.165) is 50.3 Å². The van der Waals surface area contributed by atoms with Crippen LogP contribution in [0.25, 0.3) is 0 Å². The van der Waals surface area contributed by atoms with E-state index in [1.807, 2.05) is 35.2 Å². The molecule has 0 unspecified atom stereocenters. The van der Waals surface area contributed by atoms with E-state index < -0.39 is 0 Å². The average Bonchev–Trinajstić information content (AvgIpc) is 2.80. The van der Waals surface area contributed by atoms with E-state index >= 15 is 0 Å². The molecule has 0 spiro atoms. The highest BCUT2D eigenvalue weighted by molar-refractivity contribution is 5.94. The monoisotopic (exact) mass is 309 g/mol. The van der Waals surface area contributed by atoms with Crippen molar-refractivity contribution in [1.82, 2.24) is 14.8 Å². The lowest BCUT2D eigenvalue weighted by atomic mass is 10.1. The Bertz CT molecular complexity index is 657. The minimum atomic E-state index is 0.122. The maximum atomic E-state index is 12.7. The van der Waals surface area contributed by atoms with E-state index in [-0.39, 0.29) is 5.91 Å². The quantitative estimate of drug-likeness (QED) is 0.874. The van der Waals surface area contributed by atoms with Gasteiger partial charge in [0.2, 0.25) is 0 Å². The summed E-state index contributed by atoms with van der Waals surface area (Å²) in [6.07, 6.45) is 3.53. The van der Waals surface area contributed by atoms with Crippen molar-refractivity contribution in [2.24, 2.45) is 0 Å². The van der Waals surface area contributed by atoms with E-state index in [4.69, 9.17) is 0 Å². The van der Waals surface area contributed by atoms with Gasteiger partial charge in [0.25, 0.3) is 5.91 Å². The Morgan fingerprint density at radius 2 is 1.91 bits per heavy atom. The Morgan fingerprint density at radius 3 is 2.74 bits per heavy atom. The fourth-order valence-electron chi connectivity index (χ4n) is 2.95. The van der Waals surface area contributed by atoms with Gasteiger partial charge in [-0.25, -0.2) is 0 Å². The number of benzene rings is 1. The van der Waals surface area contributed by atoms with Crippen molar-refractivity contribution in [2.75, 3.05) is 33.2 Å². The lowest BCUT2D eigenvalue weighted by Crippen LogP contribution is -2.34. The van der Waals surface area contributed by atoms with Crippen LogP contribution in [-0.2, 0) is 6.42 Å². The predicted octanol–water partition coefficient (Wildman–Crippen LogP) is 2.45. The zero-order valence-electron chi connectivity index (χ0n) is 13.6. The molecule has 3 rings (SSSR count). The number of carbonyl (C=O) groups is 1. The zero-order chi connectivity index (χ0) is 16.1. The number of carbonyl (C=O) groups excluding carboxylic acids is 1. The Hall–Kier alpha value is -2.20. The van der Waals surface area contributed by atoms with Gasteiger partial charge < -0.3 is 9.80 Å². The molecule has 120 valence electrons. The maximum absolute atomic E-state index is 12.7. The van der Waals surface area contributed by atoms with Crippen LogP contribution in [0.3, 0.4) is 0 Å². The highest BCUT2D eigenvalue weighted by Gasteiger charge is 2.19. The van der Waals surface area contributed by atoms with Gasteiger partial charge in [-0.3, -0.25) is 9.78 Å². The summed E-state index contributed by atoms with van der Waals surface area (Å²) in [5.41, 5.74) is 2.89. The van der Waals surface area contributed by atoms with Crippen molar-refractivity contribution in [3.8, 4) is 0 Å². The normalized spacial score (nSPS) is 16.1. The molecule has 0 atom stereocenters. The third-order valence-corrected chi connectivity index (χ3v) is 4.30. The molecular formula is C19H23N3O. The third-order valence-electron chi connectivity index (χ3n) is 4.30. The van der Waals surface area contributed by atoms with E-state index in [1.54, 1.807) is 6.20 Å². The molecule has 1 aromatic carbocycles. The van der Waals surface area contributed by atoms with E-state index in [2.05, 4.69) is 29.1 Å². The molecular weight excluding hydrogens is 286 g/mol. The first-order valence-electron chi connectivity index (χ1n) is 8.19. The first-order valence-corrected chi connectivity index (χ1v) is 8.19. The molecule has 4 heteroatoms. The van der Waals surface area contributed by atoms with Crippen LogP contribution in [0.4, 0.5) is 0 Å². The standard InChI is InChI=1S/C19H23N3O/c1-21-10-5-11-22(13-12-21)19(23)17-8-9-20-18(15-17)14-16-6-3-2-4-7-16/h2-4,6-9,15H,5,10-14H2,1H3. The van der Waals surface area contributed by atoms with Crippen LogP contribution >= 0.6 is 0 Å². The van der Waals surface area contributed by atoms with E-state index in [1.165, 1.54) is 5.56 Å². The number of rotatable bonds is 3. The van der Waals surface area contributed by atoms with Crippen molar-refractivity contribution in [2.45, 2.75) is 12.8 Å². The molecule has 0 saturated carbocycles. The van der Waals surface area contributed by atoms with Crippen molar-refractivity contribution >= 4 is 5.91 Å². The lowest BCUT2D eigenvalue weighted by molar-refractivity contribution is 0.0762. The van der Waals surface area contributed by atoms with Crippen molar-refractivity contribution in [1.29, 1.82) is 0 Å². The second kappa shape index (κ2) is 7.38. The summed E-state index contributed by atoms with van der Waals surface area (Å²) in [5, 5.41) is 0. The van der Waals surface area contributed by atoms with Crippen LogP contribution in [0.5, 0.6) is 0 Å². The molecule has 2 heterocycles. The van der Waals surface area contributed by atoms with Crippen LogP contribution in [0.1, 0.15) is 28.0 Å². The molecule has 2 aromatic rings. The molecule has 4 nitrogen and oxygen atoms in total. The fraction of sp³-hybridized carbons (Fsp3) is 0.368. The molecule has 1 aliphatic heterocycles. The zero-order valence-corrected chi connectivity index (χ0v) is 13.6. The van der Waals surface area contributed by atoms with Gasteiger partial charge in [0.05, 0.1) is 0 Å². The Labute approximate surface area is 137 Å². The Balaban J connectivity index is 1.72. The summed E-state index contributed by atoms with van der Waals surface area (Å²) in [5.74, 6) is 0.122. The second-order valence-corrected chi connectivity index (χ2v) is 6.15. The average molecular weight is 309 g/mol. The molecule has 1 amide bonds. The summed E-state index contributed by atoms with van der Waals surface area (Å²) in [6, 6.07) is 14.0. The van der Waals surface area contributed by atoms with E-state index in [0.29, 0.717) is 0 Å². The number of pyridine rings is 1. The largest absolute Gasteiger partial charge is 0.337 e. The third kappa shape index (κ3) is 4.17. The molecule has 1 aliphatic rings. The van der Waals surface area contributed by atoms with Gasteiger partial charge in [0.15, 0.2) is 0 Å². The van der Waals surface area contributed by atoms with Gasteiger partial charge in [-0.2, -0.15) is 0 Å². The van der Waals surface area contributed by atoms with E-state index in [9.17, 15) is 4.79 Å². The highest BCUT2D eigenvalue weighted by atomic mass is 16.2. The van der Waals surface area contributed by atoms with Crippen LogP contribution < -0.4 is 0 Å². The smallest absolute Gasteiger partial charge is 0.254 e. The first kappa shape index (κ1) is 15.7. The number of aromatic nitrogens is 1. The molecule has 0 N–H and O–H groups in total. The number of hydrogen-bond acceptors (Lipinski definition) is 3. The highest BCUT2D eigenvalue weighted by Crippen LogP contribution is 2.12. The number of hydrogen-bond donors (Lipinski definition) is 0. The van der Waals surface area contributed by atoms with Crippen molar-refractivity contribution in [3.05, 3.63) is 65.5 Å². The molecule has 0 radical (unpaired) electrons. The topological polar surface area (TPSA) is 36.4 Å². The van der Waals surface area contributed by atoms with Gasteiger partial charge in [-0.1, -0.05) is 30.3 Å². The van der Waals surface area contributed by atoms with Crippen molar-refractivity contribution < 1.29 is 4.79 Å². The fourth-order valence-corrected chi connectivity index (χ4v) is 2.95. The molecule has 1 aromatic heterocycles. The Morgan fingerprint density at radius 1 is 1.09 bits per heavy atom. The minimum absolute atomic E-state index is 0.122. The van der Waals surface area contributed by atoms with Gasteiger partial charge >= 0.3 is 0 Å². The molecule has 1 saturated heterocycles. The summed E-state index contributed by atoms with van der Waals surface area (Å²) >= 11 is 0. The van der Waals surface area contributed by atoms with Crippen LogP contribution in [-0.4, -0.2) is 53.9 Å². The van der Waals surface area contributed by atoms with Gasteiger partial charge in [-0.15, -0.1) is 0 Å². The lowest BCUT2D eigenvalue weighted by Gasteiger charge is -2.20. The number of likely N-dealkylation sites (N-methyl/N-ethyl adjacent to an activating group) is 1. The van der Waals surface area contributed by atoms with Crippen molar-refractivity contribution in [3.63, 3.8) is 0 Å². The molecule has 0 bridgehead atoms. The summed E-state index contributed by atoms with van der Waals surface area (Å²) < 4.78 is 0. The predicted molar refractivity (Wildman–Crippen MR) is 91.5 cm³/mol. The molecule has 1 fully saturated rings. The second-order valence-electron chi connectivity index (χ2n) is 6.15. The first-order chi connectivity index (χ1) is 11.2. The minimum Gasteiger partial charge on any atom is -0.337 e. The number of amides is 1. The summed E-state index contributed by atoms with van der Waals surface area (Å²) in [6.45, 7) is 3.62. The van der Waals surface area contributed by atoms with Crippen LogP contribution in [0.15, 0.2) is 48.7 Å².